The molecule has 0 saturated heterocycles. The van der Waals surface area contributed by atoms with E-state index in [4.69, 9.17) is 14.6 Å². The van der Waals surface area contributed by atoms with Gasteiger partial charge in [0, 0.05) is 6.07 Å². The van der Waals surface area contributed by atoms with Crippen LogP contribution in [0, 0.1) is 0 Å². The zero-order valence-electron chi connectivity index (χ0n) is 12.8. The molecule has 5 heteroatoms. The van der Waals surface area contributed by atoms with Crippen molar-refractivity contribution >= 4 is 5.97 Å². The van der Waals surface area contributed by atoms with Crippen LogP contribution in [0.2, 0.25) is 0 Å². The van der Waals surface area contributed by atoms with E-state index in [1.807, 2.05) is 30.3 Å². The van der Waals surface area contributed by atoms with Gasteiger partial charge < -0.3 is 14.6 Å². The van der Waals surface area contributed by atoms with Gasteiger partial charge in [-0.3, -0.25) is 0 Å². The van der Waals surface area contributed by atoms with Crippen molar-refractivity contribution in [2.24, 2.45) is 0 Å². The molecule has 120 valence electrons. The first-order chi connectivity index (χ1) is 11.7. The molecule has 0 fully saturated rings. The lowest BCUT2D eigenvalue weighted by Crippen LogP contribution is -1.97. The van der Waals surface area contributed by atoms with Gasteiger partial charge in [-0.1, -0.05) is 30.3 Å². The molecule has 0 amide bonds. The minimum absolute atomic E-state index is 0.213. The number of aromatic carboxylic acids is 1. The Morgan fingerprint density at radius 1 is 0.917 bits per heavy atom. The molecule has 3 aromatic rings. The van der Waals surface area contributed by atoms with Crippen molar-refractivity contribution in [3.8, 4) is 17.4 Å². The fourth-order valence-electron chi connectivity index (χ4n) is 2.05. The summed E-state index contributed by atoms with van der Waals surface area (Å²) in [6.07, 6.45) is 1.56. The number of carboxylic acids is 1. The van der Waals surface area contributed by atoms with Crippen LogP contribution >= 0.6 is 0 Å². The molecule has 0 atom stereocenters. The molecular weight excluding hydrogens is 306 g/mol. The molecule has 5 nitrogen and oxygen atoms in total. The van der Waals surface area contributed by atoms with Gasteiger partial charge in [0.05, 0.1) is 11.8 Å². The third-order valence-corrected chi connectivity index (χ3v) is 3.28. The lowest BCUT2D eigenvalue weighted by molar-refractivity contribution is 0.0697. The van der Waals surface area contributed by atoms with Crippen LogP contribution in [0.15, 0.2) is 72.9 Å². The smallest absolute Gasteiger partial charge is 0.335 e. The Hall–Kier alpha value is -3.34. The van der Waals surface area contributed by atoms with Crippen LogP contribution in [0.1, 0.15) is 15.9 Å². The lowest BCUT2D eigenvalue weighted by Gasteiger charge is -2.08. The van der Waals surface area contributed by atoms with Gasteiger partial charge in [0.2, 0.25) is 5.88 Å². The van der Waals surface area contributed by atoms with Gasteiger partial charge in [-0.05, 0) is 35.9 Å². The Labute approximate surface area is 139 Å². The second kappa shape index (κ2) is 7.28. The fourth-order valence-corrected chi connectivity index (χ4v) is 2.05. The molecule has 1 aromatic heterocycles. The zero-order chi connectivity index (χ0) is 16.8. The molecule has 1 N–H and O–H groups in total. The third kappa shape index (κ3) is 4.10. The van der Waals surface area contributed by atoms with E-state index in [9.17, 15) is 4.79 Å². The number of carbonyl (C=O) groups is 1. The van der Waals surface area contributed by atoms with E-state index in [1.54, 1.807) is 30.5 Å². The van der Waals surface area contributed by atoms with Gasteiger partial charge in [-0.25, -0.2) is 9.78 Å². The summed E-state index contributed by atoms with van der Waals surface area (Å²) >= 11 is 0. The minimum Gasteiger partial charge on any atom is -0.478 e. The van der Waals surface area contributed by atoms with E-state index in [0.717, 1.165) is 5.56 Å². The van der Waals surface area contributed by atoms with Gasteiger partial charge >= 0.3 is 5.97 Å². The van der Waals surface area contributed by atoms with E-state index in [2.05, 4.69) is 4.98 Å². The first-order valence-electron chi connectivity index (χ1n) is 7.35. The monoisotopic (exact) mass is 321 g/mol. The average molecular weight is 321 g/mol. The quantitative estimate of drug-likeness (QED) is 0.738. The fraction of sp³-hybridized carbons (Fsp3) is 0.0526. The molecule has 1 heterocycles. The van der Waals surface area contributed by atoms with E-state index in [0.29, 0.717) is 24.0 Å². The predicted molar refractivity (Wildman–Crippen MR) is 88.5 cm³/mol. The standard InChI is InChI=1S/C19H15NO4/c21-19(22)15-6-8-16(9-7-15)24-17-10-11-18(20-12-17)23-13-14-4-2-1-3-5-14/h1-12H,13H2,(H,21,22). The predicted octanol–water partition coefficient (Wildman–Crippen LogP) is 4.15. The summed E-state index contributed by atoms with van der Waals surface area (Å²) in [4.78, 5) is 15.0. The van der Waals surface area contributed by atoms with Crippen LogP contribution in [-0.4, -0.2) is 16.1 Å². The summed E-state index contributed by atoms with van der Waals surface area (Å²) < 4.78 is 11.2. The first-order valence-corrected chi connectivity index (χ1v) is 7.35. The maximum absolute atomic E-state index is 10.8. The largest absolute Gasteiger partial charge is 0.478 e. The Morgan fingerprint density at radius 3 is 2.25 bits per heavy atom. The summed E-state index contributed by atoms with van der Waals surface area (Å²) in [7, 11) is 0. The molecule has 0 aliphatic rings. The van der Waals surface area contributed by atoms with E-state index >= 15 is 0 Å². The molecule has 3 rings (SSSR count). The normalized spacial score (nSPS) is 10.2. The van der Waals surface area contributed by atoms with Crippen LogP contribution < -0.4 is 9.47 Å². The topological polar surface area (TPSA) is 68.7 Å². The number of rotatable bonds is 6. The number of carboxylic acid groups (broad SMARTS) is 1. The van der Waals surface area contributed by atoms with Gasteiger partial charge in [0.25, 0.3) is 0 Å². The van der Waals surface area contributed by atoms with Crippen molar-refractivity contribution in [1.29, 1.82) is 0 Å². The van der Waals surface area contributed by atoms with E-state index in [-0.39, 0.29) is 5.56 Å². The van der Waals surface area contributed by atoms with Crippen molar-refractivity contribution in [1.82, 2.24) is 4.98 Å². The van der Waals surface area contributed by atoms with Crippen LogP contribution in [-0.2, 0) is 6.61 Å². The highest BCUT2D eigenvalue weighted by atomic mass is 16.5. The minimum atomic E-state index is -0.969. The van der Waals surface area contributed by atoms with Crippen molar-refractivity contribution in [3.05, 3.63) is 84.1 Å². The van der Waals surface area contributed by atoms with Gasteiger partial charge in [0.1, 0.15) is 18.1 Å². The Bertz CT molecular complexity index is 799. The molecule has 0 unspecified atom stereocenters. The number of nitrogens with zero attached hydrogens (tertiary/aromatic N) is 1. The number of hydrogen-bond donors (Lipinski definition) is 1. The molecule has 0 spiro atoms. The van der Waals surface area contributed by atoms with Crippen molar-refractivity contribution in [3.63, 3.8) is 0 Å². The highest BCUT2D eigenvalue weighted by Crippen LogP contribution is 2.22. The number of hydrogen-bond acceptors (Lipinski definition) is 4. The second-order valence-electron chi connectivity index (χ2n) is 5.04. The third-order valence-electron chi connectivity index (χ3n) is 3.28. The Morgan fingerprint density at radius 2 is 1.62 bits per heavy atom. The summed E-state index contributed by atoms with van der Waals surface area (Å²) in [6, 6.07) is 19.5. The summed E-state index contributed by atoms with van der Waals surface area (Å²) in [5.74, 6) is 0.625. The molecule has 0 bridgehead atoms. The van der Waals surface area contributed by atoms with Crippen molar-refractivity contribution in [2.45, 2.75) is 6.61 Å². The van der Waals surface area contributed by atoms with Gasteiger partial charge in [-0.2, -0.15) is 0 Å². The van der Waals surface area contributed by atoms with Crippen LogP contribution in [0.3, 0.4) is 0 Å². The van der Waals surface area contributed by atoms with Crippen LogP contribution in [0.4, 0.5) is 0 Å². The Balaban J connectivity index is 1.59. The SMILES string of the molecule is O=C(O)c1ccc(Oc2ccc(OCc3ccccc3)nc2)cc1. The van der Waals surface area contributed by atoms with E-state index in [1.165, 1.54) is 12.1 Å². The molecule has 0 radical (unpaired) electrons. The average Bonchev–Trinajstić information content (AvgIpc) is 2.62. The highest BCUT2D eigenvalue weighted by molar-refractivity contribution is 5.87. The van der Waals surface area contributed by atoms with Crippen molar-refractivity contribution in [2.75, 3.05) is 0 Å². The second-order valence-corrected chi connectivity index (χ2v) is 5.04. The number of pyridine rings is 1. The summed E-state index contributed by atoms with van der Waals surface area (Å²) in [5.41, 5.74) is 1.28. The Kier molecular flexibility index (Phi) is 4.72. The molecule has 0 aliphatic heterocycles. The molecular formula is C19H15NO4. The number of benzene rings is 2. The maximum atomic E-state index is 10.8. The highest BCUT2D eigenvalue weighted by Gasteiger charge is 2.04. The van der Waals surface area contributed by atoms with Crippen molar-refractivity contribution < 1.29 is 19.4 Å². The molecule has 24 heavy (non-hydrogen) atoms. The van der Waals surface area contributed by atoms with Crippen LogP contribution in [0.25, 0.3) is 0 Å². The summed E-state index contributed by atoms with van der Waals surface area (Å²) in [6.45, 7) is 0.449. The van der Waals surface area contributed by atoms with Crippen LogP contribution in [0.5, 0.6) is 17.4 Å². The zero-order valence-corrected chi connectivity index (χ0v) is 12.8. The van der Waals surface area contributed by atoms with Gasteiger partial charge in [0.15, 0.2) is 0 Å². The van der Waals surface area contributed by atoms with E-state index < -0.39 is 5.97 Å². The molecule has 0 aliphatic carbocycles. The lowest BCUT2D eigenvalue weighted by atomic mass is 10.2. The summed E-state index contributed by atoms with van der Waals surface area (Å²) in [5, 5.41) is 8.86. The molecule has 0 saturated carbocycles. The molecule has 2 aromatic carbocycles. The number of aromatic nitrogens is 1. The van der Waals surface area contributed by atoms with Gasteiger partial charge in [-0.15, -0.1) is 0 Å². The maximum Gasteiger partial charge on any atom is 0.335 e. The number of ether oxygens (including phenoxy) is 2. The first kappa shape index (κ1) is 15.6.